The number of hydrogen-bond acceptors (Lipinski definition) is 1. The van der Waals surface area contributed by atoms with Crippen LogP contribution in [-0.2, 0) is 0 Å². The smallest absolute Gasteiger partial charge is 0.207 e. The minimum absolute atomic E-state index is 0.126. The van der Waals surface area contributed by atoms with Gasteiger partial charge >= 0.3 is 0 Å². The molecule has 0 aromatic heterocycles. The summed E-state index contributed by atoms with van der Waals surface area (Å²) >= 11 is 0. The van der Waals surface area contributed by atoms with Gasteiger partial charge in [0.25, 0.3) is 0 Å². The number of rotatable bonds is 0. The van der Waals surface area contributed by atoms with E-state index in [4.69, 9.17) is 0 Å². The molecule has 0 saturated carbocycles. The summed E-state index contributed by atoms with van der Waals surface area (Å²) in [4.78, 5) is 2.65. The van der Waals surface area contributed by atoms with Crippen LogP contribution in [0, 0.1) is 0 Å². The Kier molecular flexibility index (Phi) is 1.55. The highest BCUT2D eigenvalue weighted by atomic mass is 19.2. The van der Waals surface area contributed by atoms with Gasteiger partial charge in [-0.25, -0.2) is 4.39 Å². The number of halogens is 3. The van der Waals surface area contributed by atoms with E-state index in [9.17, 15) is 13.2 Å². The van der Waals surface area contributed by atoms with Gasteiger partial charge in [-0.05, 0) is 0 Å². The minimum Gasteiger partial charge on any atom is -0.207 e. The van der Waals surface area contributed by atoms with Crippen LogP contribution in [0.2, 0.25) is 0 Å². The highest BCUT2D eigenvalue weighted by molar-refractivity contribution is 5.76. The first-order valence-corrected chi connectivity index (χ1v) is 2.47. The molecule has 0 aromatic rings. The Morgan fingerprint density at radius 2 is 1.78 bits per heavy atom. The van der Waals surface area contributed by atoms with Crippen LogP contribution in [0.3, 0.4) is 0 Å². The van der Waals surface area contributed by atoms with Gasteiger partial charge in [0.05, 0.1) is 0 Å². The van der Waals surface area contributed by atoms with Crippen LogP contribution >= 0.6 is 0 Å². The molecule has 1 aliphatic rings. The minimum atomic E-state index is -1.32. The normalized spacial score (nSPS) is 20.1. The molecule has 1 nitrogen and oxygen atoms in total. The lowest BCUT2D eigenvalue weighted by Gasteiger charge is -2.01. The SMILES string of the molecule is FC1=NC(F)=C(F)CC1. The van der Waals surface area contributed by atoms with Crippen LogP contribution in [0.15, 0.2) is 16.8 Å². The maximum Gasteiger partial charge on any atom is 0.246 e. The lowest BCUT2D eigenvalue weighted by Crippen LogP contribution is -1.96. The van der Waals surface area contributed by atoms with Crippen molar-refractivity contribution in [2.45, 2.75) is 12.8 Å². The molecule has 0 unspecified atom stereocenters. The molecule has 0 spiro atoms. The summed E-state index contributed by atoms with van der Waals surface area (Å²) in [7, 11) is 0. The fourth-order valence-electron chi connectivity index (χ4n) is 0.539. The molecule has 0 N–H and O–H groups in total. The molecule has 0 aromatic carbocycles. The van der Waals surface area contributed by atoms with E-state index in [0.717, 1.165) is 0 Å². The molecule has 1 aliphatic heterocycles. The van der Waals surface area contributed by atoms with E-state index in [-0.39, 0.29) is 12.8 Å². The number of hydrogen-bond donors (Lipinski definition) is 0. The summed E-state index contributed by atoms with van der Waals surface area (Å²) in [5, 5.41) is 0. The summed E-state index contributed by atoms with van der Waals surface area (Å²) in [5.41, 5.74) is 0. The van der Waals surface area contributed by atoms with Gasteiger partial charge in [-0.1, -0.05) is 0 Å². The van der Waals surface area contributed by atoms with Crippen LogP contribution < -0.4 is 0 Å². The Bertz CT molecular complexity index is 183. The molecule has 1 rings (SSSR count). The van der Waals surface area contributed by atoms with Crippen molar-refractivity contribution < 1.29 is 13.2 Å². The van der Waals surface area contributed by atoms with Gasteiger partial charge in [-0.15, -0.1) is 0 Å². The zero-order chi connectivity index (χ0) is 6.85. The molecular formula is C5H4F3N. The molecule has 0 saturated heterocycles. The average Bonchev–Trinajstić information content (AvgIpc) is 1.80. The molecule has 4 heteroatoms. The number of allylic oxidation sites excluding steroid dienone is 1. The van der Waals surface area contributed by atoms with Crippen molar-refractivity contribution in [2.75, 3.05) is 0 Å². The quantitative estimate of drug-likeness (QED) is 0.452. The number of aliphatic imine (C=N–C) groups is 1. The molecule has 9 heavy (non-hydrogen) atoms. The summed E-state index contributed by atoms with van der Waals surface area (Å²) in [5.74, 6) is -3.12. The first kappa shape index (κ1) is 6.32. The Morgan fingerprint density at radius 3 is 2.22 bits per heavy atom. The van der Waals surface area contributed by atoms with Gasteiger partial charge in [0.15, 0.2) is 11.8 Å². The highest BCUT2D eigenvalue weighted by Crippen LogP contribution is 2.21. The van der Waals surface area contributed by atoms with Crippen molar-refractivity contribution in [3.05, 3.63) is 11.8 Å². The highest BCUT2D eigenvalue weighted by Gasteiger charge is 2.13. The third kappa shape index (κ3) is 1.31. The zero-order valence-electron chi connectivity index (χ0n) is 4.50. The lowest BCUT2D eigenvalue weighted by molar-refractivity contribution is 0.487. The lowest BCUT2D eigenvalue weighted by atomic mass is 10.2. The van der Waals surface area contributed by atoms with Crippen molar-refractivity contribution in [2.24, 2.45) is 4.99 Å². The fraction of sp³-hybridized carbons (Fsp3) is 0.400. The standard InChI is InChI=1S/C5H4F3N/c6-3-1-2-4(7)9-5(3)8/h1-2H2. The maximum absolute atomic E-state index is 12.0. The first-order valence-electron chi connectivity index (χ1n) is 2.47. The van der Waals surface area contributed by atoms with Gasteiger partial charge < -0.3 is 0 Å². The van der Waals surface area contributed by atoms with Gasteiger partial charge in [0.2, 0.25) is 5.95 Å². The molecule has 0 atom stereocenters. The van der Waals surface area contributed by atoms with E-state index in [1.807, 2.05) is 0 Å². The zero-order valence-corrected chi connectivity index (χ0v) is 4.50. The van der Waals surface area contributed by atoms with Crippen molar-refractivity contribution in [3.8, 4) is 0 Å². The predicted octanol–water partition coefficient (Wildman–Crippen LogP) is 2.26. The maximum atomic E-state index is 12.0. The van der Waals surface area contributed by atoms with Crippen molar-refractivity contribution in [1.82, 2.24) is 0 Å². The van der Waals surface area contributed by atoms with E-state index in [1.165, 1.54) is 0 Å². The Labute approximate surface area is 49.9 Å². The number of nitrogens with zero attached hydrogens (tertiary/aromatic N) is 1. The molecule has 0 amide bonds. The Hall–Kier alpha value is -0.800. The first-order chi connectivity index (χ1) is 4.20. The monoisotopic (exact) mass is 135 g/mol. The van der Waals surface area contributed by atoms with Crippen LogP contribution in [-0.4, -0.2) is 5.97 Å². The molecule has 1 heterocycles. The Balaban J connectivity index is 2.83. The average molecular weight is 135 g/mol. The van der Waals surface area contributed by atoms with Crippen LogP contribution in [0.1, 0.15) is 12.8 Å². The van der Waals surface area contributed by atoms with E-state index in [2.05, 4.69) is 4.99 Å². The van der Waals surface area contributed by atoms with E-state index >= 15 is 0 Å². The van der Waals surface area contributed by atoms with Crippen LogP contribution in [0.4, 0.5) is 13.2 Å². The van der Waals surface area contributed by atoms with Gasteiger partial charge in [-0.2, -0.15) is 13.8 Å². The molecular weight excluding hydrogens is 131 g/mol. The van der Waals surface area contributed by atoms with Crippen molar-refractivity contribution in [1.29, 1.82) is 0 Å². The third-order valence-electron chi connectivity index (χ3n) is 0.994. The van der Waals surface area contributed by atoms with E-state index in [1.54, 1.807) is 0 Å². The van der Waals surface area contributed by atoms with E-state index in [0.29, 0.717) is 0 Å². The van der Waals surface area contributed by atoms with Crippen molar-refractivity contribution in [3.63, 3.8) is 0 Å². The van der Waals surface area contributed by atoms with Crippen molar-refractivity contribution >= 4 is 5.97 Å². The molecule has 0 fully saturated rings. The van der Waals surface area contributed by atoms with Crippen LogP contribution in [0.5, 0.6) is 0 Å². The molecule has 0 bridgehead atoms. The summed E-state index contributed by atoms with van der Waals surface area (Å²) in [6, 6.07) is 0. The second-order valence-corrected chi connectivity index (χ2v) is 1.68. The predicted molar refractivity (Wildman–Crippen MR) is 27.0 cm³/mol. The van der Waals surface area contributed by atoms with E-state index < -0.39 is 17.7 Å². The summed E-state index contributed by atoms with van der Waals surface area (Å²) in [6.45, 7) is 0. The van der Waals surface area contributed by atoms with Gasteiger partial charge in [0.1, 0.15) is 0 Å². The molecule has 0 radical (unpaired) electrons. The summed E-state index contributed by atoms with van der Waals surface area (Å²) < 4.78 is 35.8. The third-order valence-corrected chi connectivity index (χ3v) is 0.994. The van der Waals surface area contributed by atoms with Gasteiger partial charge in [-0.3, -0.25) is 0 Å². The Morgan fingerprint density at radius 1 is 1.11 bits per heavy atom. The second kappa shape index (κ2) is 2.21. The summed E-state index contributed by atoms with van der Waals surface area (Å²) in [6.07, 6.45) is -0.333. The molecule has 50 valence electrons. The van der Waals surface area contributed by atoms with Crippen LogP contribution in [0.25, 0.3) is 0 Å². The topological polar surface area (TPSA) is 12.4 Å². The molecule has 0 aliphatic carbocycles. The fourth-order valence-corrected chi connectivity index (χ4v) is 0.539. The second-order valence-electron chi connectivity index (χ2n) is 1.68. The van der Waals surface area contributed by atoms with Gasteiger partial charge in [0, 0.05) is 12.8 Å². The largest absolute Gasteiger partial charge is 0.246 e.